The zero-order chi connectivity index (χ0) is 19.1. The van der Waals surface area contributed by atoms with Gasteiger partial charge in [-0.15, -0.1) is 11.3 Å². The molecule has 0 spiro atoms. The summed E-state index contributed by atoms with van der Waals surface area (Å²) in [5, 5.41) is 1.16. The second-order valence-electron chi connectivity index (χ2n) is 7.82. The summed E-state index contributed by atoms with van der Waals surface area (Å²) in [5.74, 6) is 2.70. The van der Waals surface area contributed by atoms with E-state index in [0.717, 1.165) is 67.3 Å². The van der Waals surface area contributed by atoms with Gasteiger partial charge in [0.25, 0.3) is 0 Å². The van der Waals surface area contributed by atoms with Crippen LogP contribution in [0.3, 0.4) is 0 Å². The number of nitrogens with zero attached hydrogens (tertiary/aromatic N) is 5. The van der Waals surface area contributed by atoms with E-state index in [-0.39, 0.29) is 0 Å². The van der Waals surface area contributed by atoms with Crippen molar-refractivity contribution in [3.05, 3.63) is 32.8 Å². The van der Waals surface area contributed by atoms with E-state index in [1.807, 2.05) is 11.7 Å². The van der Waals surface area contributed by atoms with Gasteiger partial charge < -0.3 is 9.45 Å². The van der Waals surface area contributed by atoms with Gasteiger partial charge in [0.2, 0.25) is 5.95 Å². The minimum atomic E-state index is -0.746. The van der Waals surface area contributed by atoms with E-state index in [9.17, 15) is 4.55 Å². The number of hydrogen-bond acceptors (Lipinski definition) is 7. The Kier molecular flexibility index (Phi) is 5.13. The van der Waals surface area contributed by atoms with Gasteiger partial charge in [-0.3, -0.25) is 4.90 Å². The summed E-state index contributed by atoms with van der Waals surface area (Å²) in [5.41, 5.74) is 4.09. The van der Waals surface area contributed by atoms with Crippen LogP contribution in [0.4, 0.5) is 5.95 Å². The van der Waals surface area contributed by atoms with Crippen molar-refractivity contribution in [2.75, 3.05) is 36.8 Å². The Morgan fingerprint density at radius 2 is 2.11 bits per heavy atom. The van der Waals surface area contributed by atoms with E-state index in [4.69, 9.17) is 4.98 Å². The molecule has 2 aromatic rings. The Labute approximate surface area is 172 Å². The number of aryl methyl sites for hydroxylation is 1. The lowest BCUT2D eigenvalue weighted by Crippen LogP contribution is -2.52. The van der Waals surface area contributed by atoms with E-state index in [2.05, 4.69) is 38.8 Å². The first-order valence-corrected chi connectivity index (χ1v) is 12.3. The van der Waals surface area contributed by atoms with E-state index >= 15 is 0 Å². The van der Waals surface area contributed by atoms with Gasteiger partial charge in [0, 0.05) is 54.9 Å². The first-order valence-electron chi connectivity index (χ1n) is 9.98. The van der Waals surface area contributed by atoms with Crippen molar-refractivity contribution in [2.24, 2.45) is 5.92 Å². The Balaban J connectivity index is 1.23. The molecule has 8 heteroatoms. The van der Waals surface area contributed by atoms with Gasteiger partial charge in [0.15, 0.2) is 0 Å². The van der Waals surface area contributed by atoms with Crippen LogP contribution in [0.1, 0.15) is 24.6 Å². The number of hydrogen-bond donors (Lipinski definition) is 0. The smallest absolute Gasteiger partial charge is 0.225 e. The molecule has 0 radical (unpaired) electrons. The van der Waals surface area contributed by atoms with Crippen LogP contribution >= 0.6 is 11.3 Å². The molecular weight excluding hydrogens is 390 g/mol. The van der Waals surface area contributed by atoms with Crippen LogP contribution in [0.2, 0.25) is 0 Å². The molecule has 0 saturated carbocycles. The van der Waals surface area contributed by atoms with Crippen LogP contribution in [0.25, 0.3) is 12.2 Å². The molecule has 0 amide bonds. The van der Waals surface area contributed by atoms with Gasteiger partial charge >= 0.3 is 0 Å². The summed E-state index contributed by atoms with van der Waals surface area (Å²) in [6.07, 6.45) is 8.51. The van der Waals surface area contributed by atoms with Crippen molar-refractivity contribution in [2.45, 2.75) is 31.6 Å². The van der Waals surface area contributed by atoms with Crippen molar-refractivity contribution >= 4 is 40.6 Å². The second-order valence-corrected chi connectivity index (χ2v) is 10.3. The molecule has 1 fully saturated rings. The molecule has 5 rings (SSSR count). The number of anilines is 1. The van der Waals surface area contributed by atoms with Crippen molar-refractivity contribution in [1.29, 1.82) is 0 Å². The fourth-order valence-corrected chi connectivity index (χ4v) is 6.24. The lowest BCUT2D eigenvalue weighted by atomic mass is 9.93. The minimum Gasteiger partial charge on any atom is -0.616 e. The highest BCUT2D eigenvalue weighted by molar-refractivity contribution is 7.90. The molecule has 0 bridgehead atoms. The Bertz CT molecular complexity index is 969. The van der Waals surface area contributed by atoms with Gasteiger partial charge in [-0.1, -0.05) is 12.2 Å². The van der Waals surface area contributed by atoms with Crippen molar-refractivity contribution in [3.63, 3.8) is 0 Å². The largest absolute Gasteiger partial charge is 0.616 e. The third-order valence-corrected chi connectivity index (χ3v) is 8.32. The molecule has 148 valence electrons. The summed E-state index contributed by atoms with van der Waals surface area (Å²) in [6, 6.07) is 0.507. The van der Waals surface area contributed by atoms with Crippen LogP contribution in [-0.2, 0) is 23.3 Å². The summed E-state index contributed by atoms with van der Waals surface area (Å²) in [4.78, 5) is 18.7. The molecule has 28 heavy (non-hydrogen) atoms. The maximum Gasteiger partial charge on any atom is 0.225 e. The zero-order valence-corrected chi connectivity index (χ0v) is 17.7. The third kappa shape index (κ3) is 3.58. The zero-order valence-electron chi connectivity index (χ0n) is 16.1. The van der Waals surface area contributed by atoms with Crippen molar-refractivity contribution < 1.29 is 4.55 Å². The van der Waals surface area contributed by atoms with Gasteiger partial charge in [-0.2, -0.15) is 0 Å². The molecule has 3 unspecified atom stereocenters. The normalized spacial score (nSPS) is 26.0. The molecular formula is C20H25N5OS2. The summed E-state index contributed by atoms with van der Waals surface area (Å²) >= 11 is 0.987. The molecule has 4 heterocycles. The fraction of sp³-hybridized carbons (Fsp3) is 0.550. The highest BCUT2D eigenvalue weighted by Crippen LogP contribution is 2.23. The van der Waals surface area contributed by atoms with Gasteiger partial charge in [0.05, 0.1) is 16.6 Å². The standard InChI is InChI=1S/C20H25N5OS2/c1-14(15-2-3-19-18(10-15)22-13-27-19)24-5-7-25(8-6-24)20-21-11-16-12-28(26)9-4-17(16)23-20/h3,10-11,13-15H,2,4-9,12H2,1H3. The van der Waals surface area contributed by atoms with E-state index in [0.29, 0.717) is 17.7 Å². The van der Waals surface area contributed by atoms with Crippen LogP contribution in [-0.4, -0.2) is 62.4 Å². The van der Waals surface area contributed by atoms with Gasteiger partial charge in [-0.05, 0) is 30.4 Å². The lowest BCUT2D eigenvalue weighted by molar-refractivity contribution is 0.168. The van der Waals surface area contributed by atoms with Crippen LogP contribution in [0, 0.1) is 5.92 Å². The highest BCUT2D eigenvalue weighted by Gasteiger charge is 2.28. The van der Waals surface area contributed by atoms with Crippen LogP contribution < -0.4 is 14.8 Å². The maximum atomic E-state index is 11.7. The molecule has 2 aromatic heterocycles. The molecule has 2 aliphatic heterocycles. The Morgan fingerprint density at radius 1 is 1.25 bits per heavy atom. The molecule has 3 atom stereocenters. The van der Waals surface area contributed by atoms with Crippen molar-refractivity contribution in [3.8, 4) is 0 Å². The quantitative estimate of drug-likeness (QED) is 0.682. The molecule has 1 aliphatic carbocycles. The number of aromatic nitrogens is 3. The average Bonchev–Trinajstić information content (AvgIpc) is 3.21. The highest BCUT2D eigenvalue weighted by atomic mass is 32.2. The van der Waals surface area contributed by atoms with Crippen LogP contribution in [0.15, 0.2) is 11.7 Å². The summed E-state index contributed by atoms with van der Waals surface area (Å²) in [7, 11) is 0. The second kappa shape index (κ2) is 7.74. The topological polar surface area (TPSA) is 68.2 Å². The van der Waals surface area contributed by atoms with Gasteiger partial charge in [-0.25, -0.2) is 15.0 Å². The first-order chi connectivity index (χ1) is 13.7. The Hall–Kier alpha value is -1.48. The molecule has 0 N–H and O–H groups in total. The maximum absolute atomic E-state index is 11.7. The molecule has 1 saturated heterocycles. The monoisotopic (exact) mass is 415 g/mol. The molecule has 6 nitrogen and oxygen atoms in total. The van der Waals surface area contributed by atoms with E-state index in [1.54, 1.807) is 11.3 Å². The SMILES string of the molecule is CC(C1C=c2ncsc2=CC1)N1CCN(c2ncc3c(n2)CC[S+]([O-])C3)CC1. The number of fused-ring (bicyclic) bond motifs is 2. The van der Waals surface area contributed by atoms with Gasteiger partial charge in [0.1, 0.15) is 11.5 Å². The predicted octanol–water partition coefficient (Wildman–Crippen LogP) is 0.530. The van der Waals surface area contributed by atoms with Crippen LogP contribution in [0.5, 0.6) is 0 Å². The Morgan fingerprint density at radius 3 is 2.96 bits per heavy atom. The van der Waals surface area contributed by atoms with E-state index < -0.39 is 11.2 Å². The fourth-order valence-electron chi connectivity index (χ4n) is 4.37. The minimum absolute atomic E-state index is 0.507. The van der Waals surface area contributed by atoms with Crippen molar-refractivity contribution in [1.82, 2.24) is 19.9 Å². The molecule has 3 aliphatic rings. The third-order valence-electron chi connectivity index (χ3n) is 6.19. The number of piperazine rings is 1. The number of thiazole rings is 1. The summed E-state index contributed by atoms with van der Waals surface area (Å²) in [6.45, 7) is 6.30. The van der Waals surface area contributed by atoms with E-state index in [1.165, 1.54) is 4.53 Å². The number of rotatable bonds is 3. The average molecular weight is 416 g/mol. The summed E-state index contributed by atoms with van der Waals surface area (Å²) < 4.78 is 13.0. The predicted molar refractivity (Wildman–Crippen MR) is 114 cm³/mol. The lowest BCUT2D eigenvalue weighted by Gasteiger charge is -2.40. The molecule has 0 aromatic carbocycles. The first kappa shape index (κ1) is 18.5.